The molecule has 0 bridgehead atoms. The summed E-state index contributed by atoms with van der Waals surface area (Å²) in [5, 5.41) is 11.6. The number of hydrogen-bond acceptors (Lipinski definition) is 5. The largest absolute Gasteiger partial charge is 0.381 e. The second-order valence-corrected chi connectivity index (χ2v) is 5.89. The van der Waals surface area contributed by atoms with E-state index >= 15 is 0 Å². The van der Waals surface area contributed by atoms with Gasteiger partial charge in [-0.1, -0.05) is 11.6 Å². The Bertz CT molecular complexity index is 540. The molecule has 0 aromatic heterocycles. The van der Waals surface area contributed by atoms with Crippen LogP contribution in [-0.4, -0.2) is 43.4 Å². The fourth-order valence-corrected chi connectivity index (χ4v) is 3.17. The molecule has 1 spiro atoms. The summed E-state index contributed by atoms with van der Waals surface area (Å²) in [7, 11) is 0. The third kappa shape index (κ3) is 2.97. The maximum Gasteiger partial charge on any atom is 0.294 e. The van der Waals surface area contributed by atoms with Crippen LogP contribution in [0.15, 0.2) is 18.2 Å². The average Bonchev–Trinajstić information content (AvgIpc) is 2.48. The summed E-state index contributed by atoms with van der Waals surface area (Å²) in [4.78, 5) is 12.9. The number of rotatable bonds is 2. The van der Waals surface area contributed by atoms with E-state index in [9.17, 15) is 10.1 Å². The lowest BCUT2D eigenvalue weighted by atomic mass is 9.92. The van der Waals surface area contributed by atoms with Crippen molar-refractivity contribution >= 4 is 23.0 Å². The molecule has 0 saturated carbocycles. The second-order valence-electron chi connectivity index (χ2n) is 5.46. The van der Waals surface area contributed by atoms with Crippen LogP contribution in [0.5, 0.6) is 0 Å². The number of nitro groups is 1. The van der Waals surface area contributed by atoms with Crippen LogP contribution in [-0.2, 0) is 9.47 Å². The van der Waals surface area contributed by atoms with Gasteiger partial charge in [0.1, 0.15) is 5.69 Å². The first-order valence-electron chi connectivity index (χ1n) is 7.00. The number of ether oxygens (including phenoxy) is 2. The predicted molar refractivity (Wildman–Crippen MR) is 79.1 cm³/mol. The van der Waals surface area contributed by atoms with Crippen molar-refractivity contribution in [2.45, 2.75) is 18.4 Å². The Morgan fingerprint density at radius 1 is 1.29 bits per heavy atom. The van der Waals surface area contributed by atoms with Crippen LogP contribution in [0, 0.1) is 10.1 Å². The van der Waals surface area contributed by atoms with E-state index in [1.54, 1.807) is 12.1 Å². The molecule has 2 saturated heterocycles. The molecule has 1 aromatic rings. The Labute approximate surface area is 127 Å². The number of benzene rings is 1. The van der Waals surface area contributed by atoms with Crippen molar-refractivity contribution in [3.05, 3.63) is 33.3 Å². The normalized spacial score (nSPS) is 21.5. The third-order valence-corrected chi connectivity index (χ3v) is 4.36. The molecule has 3 rings (SSSR count). The summed E-state index contributed by atoms with van der Waals surface area (Å²) in [5.41, 5.74) is 0.412. The minimum absolute atomic E-state index is 0.0478. The Morgan fingerprint density at radius 2 is 2.05 bits per heavy atom. The van der Waals surface area contributed by atoms with Crippen LogP contribution in [0.1, 0.15) is 12.8 Å². The van der Waals surface area contributed by atoms with Gasteiger partial charge in [0.05, 0.1) is 17.1 Å². The minimum atomic E-state index is -0.382. The van der Waals surface area contributed by atoms with Crippen molar-refractivity contribution < 1.29 is 14.4 Å². The summed E-state index contributed by atoms with van der Waals surface area (Å²) < 4.78 is 11.4. The van der Waals surface area contributed by atoms with E-state index in [1.165, 1.54) is 6.07 Å². The Balaban J connectivity index is 1.88. The lowest BCUT2D eigenvalue weighted by Gasteiger charge is -2.45. The van der Waals surface area contributed by atoms with E-state index in [4.69, 9.17) is 21.1 Å². The molecule has 2 fully saturated rings. The second kappa shape index (κ2) is 5.79. The molecule has 2 aliphatic heterocycles. The van der Waals surface area contributed by atoms with E-state index in [0.717, 1.165) is 12.8 Å². The number of nitrogens with zero attached hydrogens (tertiary/aromatic N) is 2. The van der Waals surface area contributed by atoms with Gasteiger partial charge in [0.15, 0.2) is 0 Å². The lowest BCUT2D eigenvalue weighted by Crippen LogP contribution is -2.54. The van der Waals surface area contributed by atoms with E-state index in [2.05, 4.69) is 0 Å². The SMILES string of the molecule is O=[N+]([O-])c1cc(Cl)ccc1N1CCOC2(CCOCC2)C1. The average molecular weight is 313 g/mol. The van der Waals surface area contributed by atoms with Gasteiger partial charge in [0.2, 0.25) is 0 Å². The quantitative estimate of drug-likeness (QED) is 0.620. The molecule has 0 N–H and O–H groups in total. The van der Waals surface area contributed by atoms with Gasteiger partial charge in [-0.3, -0.25) is 10.1 Å². The number of morpholine rings is 1. The van der Waals surface area contributed by atoms with Crippen LogP contribution in [0.2, 0.25) is 5.02 Å². The summed E-state index contributed by atoms with van der Waals surface area (Å²) in [5.74, 6) is 0. The zero-order valence-electron chi connectivity index (χ0n) is 11.6. The number of anilines is 1. The molecular formula is C14H17ClN2O4. The van der Waals surface area contributed by atoms with Crippen LogP contribution in [0.4, 0.5) is 11.4 Å². The molecule has 0 amide bonds. The lowest BCUT2D eigenvalue weighted by molar-refractivity contribution is -0.384. The molecule has 0 radical (unpaired) electrons. The Morgan fingerprint density at radius 3 is 2.76 bits per heavy atom. The van der Waals surface area contributed by atoms with Gasteiger partial charge in [0, 0.05) is 50.2 Å². The minimum Gasteiger partial charge on any atom is -0.381 e. The van der Waals surface area contributed by atoms with Gasteiger partial charge in [-0.15, -0.1) is 0 Å². The van der Waals surface area contributed by atoms with E-state index in [1.807, 2.05) is 4.90 Å². The molecule has 0 atom stereocenters. The van der Waals surface area contributed by atoms with Crippen LogP contribution in [0.3, 0.4) is 0 Å². The number of halogens is 1. The fraction of sp³-hybridized carbons (Fsp3) is 0.571. The van der Waals surface area contributed by atoms with Crippen molar-refractivity contribution in [1.29, 1.82) is 0 Å². The van der Waals surface area contributed by atoms with Crippen molar-refractivity contribution in [2.24, 2.45) is 0 Å². The third-order valence-electron chi connectivity index (χ3n) is 4.13. The van der Waals surface area contributed by atoms with Crippen LogP contribution in [0.25, 0.3) is 0 Å². The van der Waals surface area contributed by atoms with Gasteiger partial charge in [-0.25, -0.2) is 0 Å². The maximum atomic E-state index is 11.3. The van der Waals surface area contributed by atoms with Crippen molar-refractivity contribution in [2.75, 3.05) is 37.8 Å². The molecule has 21 heavy (non-hydrogen) atoms. The molecule has 6 nitrogen and oxygen atoms in total. The van der Waals surface area contributed by atoms with Crippen molar-refractivity contribution in [1.82, 2.24) is 0 Å². The Hall–Kier alpha value is -1.37. The van der Waals surface area contributed by atoms with Gasteiger partial charge in [-0.05, 0) is 12.1 Å². The van der Waals surface area contributed by atoms with E-state index in [0.29, 0.717) is 43.6 Å². The highest BCUT2D eigenvalue weighted by molar-refractivity contribution is 6.30. The molecule has 0 unspecified atom stereocenters. The van der Waals surface area contributed by atoms with E-state index < -0.39 is 0 Å². The molecule has 1 aromatic carbocycles. The molecule has 0 aliphatic carbocycles. The highest BCUT2D eigenvalue weighted by Gasteiger charge is 2.39. The smallest absolute Gasteiger partial charge is 0.294 e. The first-order valence-corrected chi connectivity index (χ1v) is 7.38. The molecule has 2 aliphatic rings. The maximum absolute atomic E-state index is 11.3. The topological polar surface area (TPSA) is 64.8 Å². The highest BCUT2D eigenvalue weighted by atomic mass is 35.5. The fourth-order valence-electron chi connectivity index (χ4n) is 3.01. The van der Waals surface area contributed by atoms with Crippen LogP contribution < -0.4 is 4.90 Å². The standard InChI is InChI=1S/C14H17ClN2O4/c15-11-1-2-12(13(9-11)17(18)19)16-5-8-21-14(10-16)3-6-20-7-4-14/h1-2,9H,3-8,10H2. The highest BCUT2D eigenvalue weighted by Crippen LogP contribution is 2.36. The van der Waals surface area contributed by atoms with Crippen molar-refractivity contribution in [3.8, 4) is 0 Å². The number of hydrogen-bond donors (Lipinski definition) is 0. The summed E-state index contributed by atoms with van der Waals surface area (Å²) in [6.45, 7) is 3.22. The molecule has 7 heteroatoms. The monoisotopic (exact) mass is 312 g/mol. The van der Waals surface area contributed by atoms with Gasteiger partial charge in [0.25, 0.3) is 5.69 Å². The molecular weight excluding hydrogens is 296 g/mol. The first-order chi connectivity index (χ1) is 10.1. The molecule has 114 valence electrons. The predicted octanol–water partition coefficient (Wildman–Crippen LogP) is 2.63. The summed E-state index contributed by atoms with van der Waals surface area (Å²) >= 11 is 5.88. The zero-order valence-corrected chi connectivity index (χ0v) is 12.3. The first kappa shape index (κ1) is 14.6. The molecule has 2 heterocycles. The van der Waals surface area contributed by atoms with E-state index in [-0.39, 0.29) is 16.2 Å². The summed E-state index contributed by atoms with van der Waals surface area (Å²) in [6.07, 6.45) is 1.65. The van der Waals surface area contributed by atoms with Gasteiger partial charge in [-0.2, -0.15) is 0 Å². The van der Waals surface area contributed by atoms with Crippen LogP contribution >= 0.6 is 11.6 Å². The van der Waals surface area contributed by atoms with Gasteiger partial charge < -0.3 is 14.4 Å². The van der Waals surface area contributed by atoms with Gasteiger partial charge >= 0.3 is 0 Å². The summed E-state index contributed by atoms with van der Waals surface area (Å²) in [6, 6.07) is 4.82. The number of nitro benzene ring substituents is 1. The Kier molecular flexibility index (Phi) is 4.01. The van der Waals surface area contributed by atoms with Crippen molar-refractivity contribution in [3.63, 3.8) is 0 Å². The zero-order chi connectivity index (χ0) is 14.9.